The predicted molar refractivity (Wildman–Crippen MR) is 76.1 cm³/mol. The Labute approximate surface area is 108 Å². The topological polar surface area (TPSA) is 16.1 Å². The molecule has 90 valence electrons. The summed E-state index contributed by atoms with van der Waals surface area (Å²) in [4.78, 5) is 6.74. The van der Waals surface area contributed by atoms with Crippen molar-refractivity contribution in [3.8, 4) is 0 Å². The van der Waals surface area contributed by atoms with Crippen molar-refractivity contribution in [1.29, 1.82) is 0 Å². The molecule has 1 aliphatic heterocycles. The molecule has 1 aromatic heterocycles. The van der Waals surface area contributed by atoms with Gasteiger partial charge in [0.05, 0.1) is 5.69 Å². The molecule has 0 amide bonds. The zero-order chi connectivity index (χ0) is 12.5. The molecule has 0 spiro atoms. The van der Waals surface area contributed by atoms with Gasteiger partial charge in [0.2, 0.25) is 0 Å². The summed E-state index contributed by atoms with van der Waals surface area (Å²) in [7, 11) is 0. The van der Waals surface area contributed by atoms with Crippen molar-refractivity contribution in [2.24, 2.45) is 0 Å². The molecule has 0 aliphatic carbocycles. The summed E-state index contributed by atoms with van der Waals surface area (Å²) in [5.41, 5.74) is 5.13. The fraction of sp³-hybridized carbons (Fsp3) is 0.188. The minimum Gasteiger partial charge on any atom is -0.322 e. The molecule has 0 N–H and O–H groups in total. The molecule has 0 unspecified atom stereocenters. The molecule has 2 aromatic rings. The first-order chi connectivity index (χ1) is 8.75. The predicted octanol–water partition coefficient (Wildman–Crippen LogP) is 3.95. The molecule has 18 heavy (non-hydrogen) atoms. The van der Waals surface area contributed by atoms with Crippen molar-refractivity contribution in [3.05, 3.63) is 59.8 Å². The maximum Gasteiger partial charge on any atom is 0.133 e. The average Bonchev–Trinajstić information content (AvgIpc) is 2.39. The van der Waals surface area contributed by atoms with Crippen LogP contribution in [0.3, 0.4) is 0 Å². The first-order valence-corrected chi connectivity index (χ1v) is 6.22. The third-order valence-electron chi connectivity index (χ3n) is 3.38. The lowest BCUT2D eigenvalue weighted by molar-refractivity contribution is 1.03. The van der Waals surface area contributed by atoms with E-state index in [9.17, 15) is 0 Å². The number of para-hydroxylation sites is 1. The first kappa shape index (κ1) is 11.0. The van der Waals surface area contributed by atoms with Gasteiger partial charge in [-0.25, -0.2) is 4.98 Å². The Morgan fingerprint density at radius 1 is 1.11 bits per heavy atom. The van der Waals surface area contributed by atoms with Crippen LogP contribution in [0.4, 0.5) is 11.5 Å². The van der Waals surface area contributed by atoms with E-state index in [0.29, 0.717) is 0 Å². The number of aryl methyl sites for hydroxylation is 1. The number of rotatable bonds is 1. The minimum atomic E-state index is 0.888. The molecule has 1 aromatic carbocycles. The van der Waals surface area contributed by atoms with E-state index in [4.69, 9.17) is 0 Å². The molecule has 2 nitrogen and oxygen atoms in total. The normalized spacial score (nSPS) is 14.1. The minimum absolute atomic E-state index is 0.888. The lowest BCUT2D eigenvalue weighted by atomic mass is 10.0. The van der Waals surface area contributed by atoms with E-state index in [1.165, 1.54) is 22.4 Å². The van der Waals surface area contributed by atoms with E-state index in [1.54, 1.807) is 0 Å². The number of pyridine rings is 1. The number of nitrogens with zero attached hydrogens (tertiary/aromatic N) is 2. The SMILES string of the molecule is CC1=CCN(c2cc(C)ccn2)c2ccccc21. The second kappa shape index (κ2) is 4.30. The summed E-state index contributed by atoms with van der Waals surface area (Å²) in [5, 5.41) is 0. The highest BCUT2D eigenvalue weighted by atomic mass is 15.2. The Balaban J connectivity index is 2.11. The van der Waals surface area contributed by atoms with Gasteiger partial charge in [-0.3, -0.25) is 0 Å². The summed E-state index contributed by atoms with van der Waals surface area (Å²) in [6.45, 7) is 5.15. The van der Waals surface area contributed by atoms with Crippen molar-refractivity contribution >= 4 is 17.1 Å². The van der Waals surface area contributed by atoms with E-state index in [-0.39, 0.29) is 0 Å². The second-order valence-corrected chi connectivity index (χ2v) is 4.71. The summed E-state index contributed by atoms with van der Waals surface area (Å²) in [6, 6.07) is 12.7. The molecular weight excluding hydrogens is 220 g/mol. The molecule has 0 saturated heterocycles. The van der Waals surface area contributed by atoms with Crippen LogP contribution in [-0.2, 0) is 0 Å². The average molecular weight is 236 g/mol. The van der Waals surface area contributed by atoms with Crippen LogP contribution in [-0.4, -0.2) is 11.5 Å². The molecule has 0 atom stereocenters. The third kappa shape index (κ3) is 1.80. The van der Waals surface area contributed by atoms with E-state index in [0.717, 1.165) is 12.4 Å². The smallest absolute Gasteiger partial charge is 0.133 e. The molecule has 2 heterocycles. The summed E-state index contributed by atoms with van der Waals surface area (Å²) in [5.74, 6) is 1.02. The highest BCUT2D eigenvalue weighted by Gasteiger charge is 2.17. The Morgan fingerprint density at radius 2 is 1.94 bits per heavy atom. The summed E-state index contributed by atoms with van der Waals surface area (Å²) >= 11 is 0. The van der Waals surface area contributed by atoms with Gasteiger partial charge in [0, 0.05) is 18.3 Å². The second-order valence-electron chi connectivity index (χ2n) is 4.71. The van der Waals surface area contributed by atoms with Crippen LogP contribution in [0.1, 0.15) is 18.1 Å². The monoisotopic (exact) mass is 236 g/mol. The number of allylic oxidation sites excluding steroid dienone is 1. The first-order valence-electron chi connectivity index (χ1n) is 6.22. The van der Waals surface area contributed by atoms with Crippen molar-refractivity contribution in [2.45, 2.75) is 13.8 Å². The van der Waals surface area contributed by atoms with Gasteiger partial charge in [-0.05, 0) is 43.2 Å². The summed E-state index contributed by atoms with van der Waals surface area (Å²) < 4.78 is 0. The van der Waals surface area contributed by atoms with Gasteiger partial charge in [-0.2, -0.15) is 0 Å². The van der Waals surface area contributed by atoms with Gasteiger partial charge in [-0.15, -0.1) is 0 Å². The van der Waals surface area contributed by atoms with Crippen LogP contribution in [0.25, 0.3) is 5.57 Å². The Kier molecular flexibility index (Phi) is 2.63. The lowest BCUT2D eigenvalue weighted by Crippen LogP contribution is -2.22. The van der Waals surface area contributed by atoms with E-state index in [2.05, 4.69) is 60.1 Å². The van der Waals surface area contributed by atoms with Gasteiger partial charge in [-0.1, -0.05) is 24.3 Å². The van der Waals surface area contributed by atoms with Crippen LogP contribution in [0.2, 0.25) is 0 Å². The molecule has 0 saturated carbocycles. The molecule has 0 radical (unpaired) electrons. The number of anilines is 2. The molecular formula is C16H16N2. The number of aromatic nitrogens is 1. The fourth-order valence-electron chi connectivity index (χ4n) is 2.36. The maximum absolute atomic E-state index is 4.48. The van der Waals surface area contributed by atoms with Crippen molar-refractivity contribution < 1.29 is 0 Å². The fourth-order valence-corrected chi connectivity index (χ4v) is 2.36. The highest BCUT2D eigenvalue weighted by molar-refractivity contribution is 5.82. The van der Waals surface area contributed by atoms with Gasteiger partial charge in [0.25, 0.3) is 0 Å². The zero-order valence-electron chi connectivity index (χ0n) is 10.7. The lowest BCUT2D eigenvalue weighted by Gasteiger charge is -2.29. The molecule has 3 rings (SSSR count). The van der Waals surface area contributed by atoms with Gasteiger partial charge in [0.1, 0.15) is 5.82 Å². The molecule has 2 heteroatoms. The van der Waals surface area contributed by atoms with Crippen molar-refractivity contribution in [2.75, 3.05) is 11.4 Å². The largest absolute Gasteiger partial charge is 0.322 e. The van der Waals surface area contributed by atoms with Crippen LogP contribution in [0.5, 0.6) is 0 Å². The quantitative estimate of drug-likeness (QED) is 0.745. The van der Waals surface area contributed by atoms with Gasteiger partial charge >= 0.3 is 0 Å². The van der Waals surface area contributed by atoms with E-state index >= 15 is 0 Å². The van der Waals surface area contributed by atoms with Crippen LogP contribution in [0.15, 0.2) is 48.7 Å². The summed E-state index contributed by atoms with van der Waals surface area (Å²) in [6.07, 6.45) is 4.13. The van der Waals surface area contributed by atoms with Crippen LogP contribution < -0.4 is 4.90 Å². The van der Waals surface area contributed by atoms with Crippen molar-refractivity contribution in [1.82, 2.24) is 4.98 Å². The molecule has 0 fully saturated rings. The standard InChI is InChI=1S/C16H16N2/c1-12-7-9-17-16(11-12)18-10-8-13(2)14-5-3-4-6-15(14)18/h3-9,11H,10H2,1-2H3. The van der Waals surface area contributed by atoms with Crippen LogP contribution in [0, 0.1) is 6.92 Å². The van der Waals surface area contributed by atoms with Gasteiger partial charge < -0.3 is 4.90 Å². The van der Waals surface area contributed by atoms with Gasteiger partial charge in [0.15, 0.2) is 0 Å². The molecule has 1 aliphatic rings. The Hall–Kier alpha value is -2.09. The Morgan fingerprint density at radius 3 is 2.78 bits per heavy atom. The number of benzene rings is 1. The van der Waals surface area contributed by atoms with Crippen LogP contribution >= 0.6 is 0 Å². The highest BCUT2D eigenvalue weighted by Crippen LogP contribution is 2.34. The third-order valence-corrected chi connectivity index (χ3v) is 3.38. The Bertz CT molecular complexity index is 614. The zero-order valence-corrected chi connectivity index (χ0v) is 10.7. The van der Waals surface area contributed by atoms with E-state index in [1.807, 2.05) is 12.3 Å². The van der Waals surface area contributed by atoms with E-state index < -0.39 is 0 Å². The maximum atomic E-state index is 4.48. The number of hydrogen-bond acceptors (Lipinski definition) is 2. The number of fused-ring (bicyclic) bond motifs is 1. The van der Waals surface area contributed by atoms with Crippen molar-refractivity contribution in [3.63, 3.8) is 0 Å². The molecule has 0 bridgehead atoms. The number of hydrogen-bond donors (Lipinski definition) is 0.